The first kappa shape index (κ1) is 107. The van der Waals surface area contributed by atoms with Crippen LogP contribution in [0.2, 0.25) is 23.3 Å². The molecule has 0 bridgehead atoms. The molecule has 40 nitrogen and oxygen atoms in total. The molecule has 144 heavy (non-hydrogen) atoms. The van der Waals surface area contributed by atoms with Crippen LogP contribution < -0.4 is 39.3 Å². The summed E-state index contributed by atoms with van der Waals surface area (Å²) in [5.41, 5.74) is 9.74. The van der Waals surface area contributed by atoms with E-state index in [9.17, 15) is 112 Å². The highest BCUT2D eigenvalue weighted by Crippen LogP contribution is 2.44. The number of ketones is 4. The van der Waals surface area contributed by atoms with Gasteiger partial charge in [-0.05, 0) is 186 Å². The minimum absolute atomic E-state index is 0.00600. The Morgan fingerprint density at radius 2 is 0.694 bits per heavy atom. The molecule has 0 radical (unpaired) electrons. The predicted octanol–water partition coefficient (Wildman–Crippen LogP) is 5.67. The van der Waals surface area contributed by atoms with Crippen LogP contribution in [-0.2, 0) is 83.2 Å². The van der Waals surface area contributed by atoms with Gasteiger partial charge in [-0.3, -0.25) is 77.1 Å². The van der Waals surface area contributed by atoms with Crippen molar-refractivity contribution in [3.63, 3.8) is 0 Å². The van der Waals surface area contributed by atoms with Crippen LogP contribution in [0.1, 0.15) is 150 Å². The van der Waals surface area contributed by atoms with Gasteiger partial charge >= 0.3 is 99.9 Å². The molecule has 44 heteroatoms. The van der Waals surface area contributed by atoms with Gasteiger partial charge in [0.1, 0.15) is 46.9 Å². The number of hydrogen-bond acceptors (Lipinski definition) is 28. The molecular weight excluding hydrogens is 1860 g/mol. The summed E-state index contributed by atoms with van der Waals surface area (Å²) in [6.07, 6.45) is 0.442. The van der Waals surface area contributed by atoms with Crippen molar-refractivity contribution < 1.29 is 135 Å². The highest BCUT2D eigenvalue weighted by atomic mass is 16.5. The minimum Gasteiger partial charge on any atom is -0.536 e. The van der Waals surface area contributed by atoms with E-state index in [1.54, 1.807) is 46.8 Å². The molecule has 9 heterocycles. The number of rotatable bonds is 23. The molecule has 0 aliphatic carbocycles. The van der Waals surface area contributed by atoms with Crippen LogP contribution in [-0.4, -0.2) is 307 Å². The summed E-state index contributed by atoms with van der Waals surface area (Å²) < 4.78 is 28.0. The lowest BCUT2D eigenvalue weighted by molar-refractivity contribution is -0.154. The third kappa shape index (κ3) is 24.0. The van der Waals surface area contributed by atoms with Crippen molar-refractivity contribution >= 4 is 123 Å². The maximum Gasteiger partial charge on any atom is 0.526 e. The average molecular weight is 1980 g/mol. The number of likely N-dealkylation sites (N-methyl/N-ethyl adjacent to an activating group) is 4. The Labute approximate surface area is 833 Å². The summed E-state index contributed by atoms with van der Waals surface area (Å²) in [6, 6.07) is 30.7. The molecule has 16 amide bonds. The number of aliphatic hydroxyl groups is 1. The number of nitrogens with zero attached hydrogens (tertiary/aromatic N) is 9. The molecule has 10 N–H and O–H groups in total. The molecule has 16 rings (SSSR count). The number of piperazine rings is 4. The number of carbonyl (C=O) groups excluding carboxylic acids is 16. The van der Waals surface area contributed by atoms with Gasteiger partial charge in [-0.25, -0.2) is 19.2 Å². The molecule has 7 aromatic carbocycles. The molecule has 9 aliphatic rings. The number of fused-ring (bicyclic) bond motifs is 4. The maximum atomic E-state index is 13.7. The largest absolute Gasteiger partial charge is 0.536 e. The summed E-state index contributed by atoms with van der Waals surface area (Å²) in [7, 11) is -3.42. The average Bonchev–Trinajstić information content (AvgIpc) is 1.63. The number of benzene rings is 7. The predicted molar refractivity (Wildman–Crippen MR) is 522 cm³/mol. The molecule has 5 fully saturated rings. The topological polar surface area (TPSA) is 526 Å². The van der Waals surface area contributed by atoms with Crippen LogP contribution >= 0.6 is 0 Å². The van der Waals surface area contributed by atoms with Gasteiger partial charge in [-0.1, -0.05) is 115 Å². The monoisotopic (exact) mass is 1980 g/mol. The molecule has 0 saturated carbocycles. The normalized spacial score (nSPS) is 19.8. The van der Waals surface area contributed by atoms with E-state index in [2.05, 4.69) is 16.0 Å². The van der Waals surface area contributed by atoms with Crippen molar-refractivity contribution in [1.82, 2.24) is 60.0 Å². The van der Waals surface area contributed by atoms with Gasteiger partial charge in [0.05, 0.1) is 19.3 Å². The third-order valence-corrected chi connectivity index (χ3v) is 27.4. The molecule has 7 aromatic rings. The van der Waals surface area contributed by atoms with E-state index in [0.717, 1.165) is 69.7 Å². The Morgan fingerprint density at radius 1 is 0.389 bits per heavy atom. The Morgan fingerprint density at radius 3 is 1.02 bits per heavy atom. The van der Waals surface area contributed by atoms with Gasteiger partial charge in [-0.2, -0.15) is 0 Å². The fraction of sp³-hybridized carbons (Fsp3) is 0.420. The summed E-state index contributed by atoms with van der Waals surface area (Å²) in [6.45, 7) is 20.3. The van der Waals surface area contributed by atoms with Gasteiger partial charge in [-0.15, -0.1) is 0 Å². The van der Waals surface area contributed by atoms with Crippen LogP contribution in [0.3, 0.4) is 0 Å². The van der Waals surface area contributed by atoms with Crippen LogP contribution in [0.15, 0.2) is 133 Å². The summed E-state index contributed by atoms with van der Waals surface area (Å²) in [5, 5.41) is 80.4. The number of likely N-dealkylation sites (tertiary alicyclic amines) is 1. The first-order valence-corrected chi connectivity index (χ1v) is 48.0. The van der Waals surface area contributed by atoms with Crippen LogP contribution in [0.4, 0.5) is 19.2 Å². The number of para-hydroxylation sites is 4. The van der Waals surface area contributed by atoms with Gasteiger partial charge in [0.25, 0.3) is 0 Å². The van der Waals surface area contributed by atoms with Gasteiger partial charge in [0.15, 0.2) is 34.6 Å². The second kappa shape index (κ2) is 46.7. The molecule has 0 aromatic heterocycles. The number of hydrogen-bond donors (Lipinski definition) is 10. The van der Waals surface area contributed by atoms with E-state index >= 15 is 0 Å². The summed E-state index contributed by atoms with van der Waals surface area (Å²) in [5.74, 6) is -8.11. The number of ether oxygens (including phenoxy) is 1. The Balaban J connectivity index is 0.000000161. The number of carbonyl (C=O) groups is 16. The number of phenolic OH excluding ortho intramolecular Hbond substituents is 2. The number of β-amino-alcohol motifs (C(OH)–C–C–N with tert-alkyl or cyclic N) is 1. The summed E-state index contributed by atoms with van der Waals surface area (Å²) in [4.78, 5) is 215. The molecule has 0 spiro atoms. The van der Waals surface area contributed by atoms with Gasteiger partial charge < -0.3 is 99.2 Å². The van der Waals surface area contributed by atoms with E-state index < -0.39 is 165 Å². The summed E-state index contributed by atoms with van der Waals surface area (Å²) >= 11 is 0. The van der Waals surface area contributed by atoms with E-state index in [-0.39, 0.29) is 120 Å². The zero-order valence-corrected chi connectivity index (χ0v) is 82.0. The lowest BCUT2D eigenvalue weighted by atomic mass is 9.64. The van der Waals surface area contributed by atoms with Gasteiger partial charge in [0, 0.05) is 140 Å². The number of urea groups is 4. The maximum absolute atomic E-state index is 13.7. The SMILES string of the molecule is CCN1CCN(C(=O)N2C[C@H](O)C[C@@H]2C(=O)C[C@H]2Cc3cccc(C)c3OB2O)C(=O)C1=O.CCN1CCN(C(=O)NC(C(=O)C[C@H]2Cc3cccc(C)c3OB2O)c2cc(C)c(O)c(OC)c2)C(=O)C1=O.CCN1CCN(C(=O)NC(C(=O)C[C@H]2Cc3cccc(C)c3OB2O)c2ccc(C)cc2)C(=O)C1=O.CCN1CCN(C(=O)NC(C(=O)C[C@H]2Cc3cccc(C)c3OB2O)c2ccc(O)cc2)C(=O)C1=O. The zero-order valence-electron chi connectivity index (χ0n) is 82.0. The smallest absolute Gasteiger partial charge is 0.526 e. The molecule has 9 atom stereocenters. The highest BCUT2D eigenvalue weighted by Gasteiger charge is 2.50. The minimum atomic E-state index is -1.26. The molecule has 758 valence electrons. The lowest BCUT2D eigenvalue weighted by Crippen LogP contribution is -2.60. The quantitative estimate of drug-likeness (QED) is 0.0272. The van der Waals surface area contributed by atoms with E-state index in [1.165, 1.54) is 68.0 Å². The molecule has 9 aliphatic heterocycles. The van der Waals surface area contributed by atoms with Crippen LogP contribution in [0.5, 0.6) is 40.2 Å². The fourth-order valence-electron chi connectivity index (χ4n) is 19.1. The standard InChI is InChI=1S/C27H32BN3O8.C26H30BN3O6.C25H28BN3O7.C22H28BN3O7/c1-5-30-9-10-31(26(35)25(30)34)27(36)29-22(18-11-16(3)23(33)21(13-18)38-4)20(32)14-19-12-17-8-6-7-15(2)24(17)39-28(19)37;1-4-29-12-13-30(25(33)24(29)32)26(34)28-22(18-10-8-16(2)9-11-18)21(31)15-20-14-19-7-5-6-17(3)23(19)36-27(20)35;1-3-28-11-12-29(24(33)23(28)32)25(34)27-21(16-7-9-19(30)10-8-16)20(31)14-18-13-17-6-4-5-15(2)22(17)36-26(18)35;1-3-24-7-8-25(21(30)20(24)29)22(31)26-12-16(27)11-17(26)18(28)10-15-9-14-6-4-5-13(2)19(14)33-23(15)32/h6-8,11,13,19,22,33,37H,5,9-10,12,14H2,1-4H3,(H,29,36);5-11,20,22,35H,4,12-15H2,1-3H3,(H,28,34);4-10,18,21,30,35H,3,11-14H2,1-2H3,(H,27,34);4-6,15-17,27,32H,3,7-12H2,1-2H3/t19-,22?;20-,22?;18-,21?;15-,16-,17-/m1111/s1. The number of Topliss-reactive ketones (excluding diaryl/α,β-unsaturated/α-hetero) is 4. The number of aromatic hydroxyl groups is 2. The highest BCUT2D eigenvalue weighted by molar-refractivity contribution is 6.49. The molecular formula is C100H118B4N12O28. The number of aryl methyl sites for hydroxylation is 6. The Hall–Kier alpha value is -14.5. The molecule has 3 unspecified atom stereocenters. The second-order valence-electron chi connectivity index (χ2n) is 37.1. The number of nitrogens with one attached hydrogen (secondary N) is 3. The fourth-order valence-corrected chi connectivity index (χ4v) is 19.1. The first-order chi connectivity index (χ1) is 68.6. The van der Waals surface area contributed by atoms with Gasteiger partial charge in [0.2, 0.25) is 0 Å². The number of imide groups is 4. The second-order valence-corrected chi connectivity index (χ2v) is 37.1. The number of aliphatic hydroxyl groups excluding tert-OH is 1. The molecule has 5 saturated heterocycles. The Bertz CT molecular complexity index is 5930. The van der Waals surface area contributed by atoms with E-state index in [4.69, 9.17) is 23.4 Å². The van der Waals surface area contributed by atoms with E-state index in [1.807, 2.05) is 120 Å². The van der Waals surface area contributed by atoms with Crippen molar-refractivity contribution in [2.45, 2.75) is 181 Å². The Kier molecular flexibility index (Phi) is 34.6. The number of phenols is 2. The number of amides is 16. The number of methoxy groups -OCH3 is 1. The van der Waals surface area contributed by atoms with Crippen molar-refractivity contribution in [2.75, 3.05) is 92.2 Å². The van der Waals surface area contributed by atoms with Crippen molar-refractivity contribution in [2.24, 2.45) is 0 Å². The first-order valence-electron chi connectivity index (χ1n) is 48.0. The van der Waals surface area contributed by atoms with E-state index in [0.29, 0.717) is 97.1 Å². The zero-order chi connectivity index (χ0) is 104. The third-order valence-electron chi connectivity index (χ3n) is 27.4. The van der Waals surface area contributed by atoms with Crippen molar-refractivity contribution in [1.29, 1.82) is 0 Å². The lowest BCUT2D eigenvalue weighted by Gasteiger charge is -2.35. The van der Waals surface area contributed by atoms with Crippen LogP contribution in [0, 0.1) is 41.5 Å². The van der Waals surface area contributed by atoms with Crippen molar-refractivity contribution in [3.05, 3.63) is 206 Å². The van der Waals surface area contributed by atoms with Crippen LogP contribution in [0.25, 0.3) is 0 Å². The van der Waals surface area contributed by atoms with Crippen molar-refractivity contribution in [3.8, 4) is 40.2 Å².